The maximum Gasteiger partial charge on any atom is 0.270 e. The van der Waals surface area contributed by atoms with Gasteiger partial charge in [-0.25, -0.2) is 4.90 Å². The molecule has 7 heteroatoms. The number of fused-ring (bicyclic) bond motifs is 1. The zero-order valence-electron chi connectivity index (χ0n) is 13.8. The van der Waals surface area contributed by atoms with Crippen molar-refractivity contribution in [1.82, 2.24) is 0 Å². The monoisotopic (exact) mass is 360 g/mol. The molecule has 132 valence electrons. The van der Waals surface area contributed by atoms with E-state index in [9.17, 15) is 24.8 Å². The summed E-state index contributed by atoms with van der Waals surface area (Å²) in [5.41, 5.74) is 0.991. The van der Waals surface area contributed by atoms with Gasteiger partial charge in [0, 0.05) is 17.7 Å². The van der Waals surface area contributed by atoms with E-state index in [0.29, 0.717) is 11.1 Å². The molecule has 1 aliphatic heterocycles. The lowest BCUT2D eigenvalue weighted by atomic mass is 10.0. The van der Waals surface area contributed by atoms with Crippen molar-refractivity contribution in [2.75, 3.05) is 4.90 Å². The minimum atomic E-state index is -0.711. The molecule has 4 rings (SSSR count). The van der Waals surface area contributed by atoms with E-state index in [1.54, 1.807) is 36.4 Å². The van der Waals surface area contributed by atoms with E-state index >= 15 is 0 Å². The molecule has 0 unspecified atom stereocenters. The molecule has 2 amide bonds. The molecule has 1 heterocycles. The van der Waals surface area contributed by atoms with Crippen LogP contribution in [0.3, 0.4) is 0 Å². The number of hydrogen-bond donors (Lipinski definition) is 1. The predicted molar refractivity (Wildman–Crippen MR) is 97.8 cm³/mol. The summed E-state index contributed by atoms with van der Waals surface area (Å²) in [7, 11) is 0. The Bertz CT molecular complexity index is 1110. The number of phenolic OH excluding ortho intramolecular Hbond substituents is 1. The summed E-state index contributed by atoms with van der Waals surface area (Å²) in [6.45, 7) is 0. The Balaban J connectivity index is 1.90. The predicted octanol–water partition coefficient (Wildman–Crippen LogP) is 3.77. The van der Waals surface area contributed by atoms with Gasteiger partial charge in [-0.15, -0.1) is 0 Å². The van der Waals surface area contributed by atoms with Crippen LogP contribution in [0, 0.1) is 10.1 Å². The number of anilines is 1. The van der Waals surface area contributed by atoms with Crippen molar-refractivity contribution in [3.63, 3.8) is 0 Å². The van der Waals surface area contributed by atoms with Gasteiger partial charge in [-0.2, -0.15) is 0 Å². The lowest BCUT2D eigenvalue weighted by Crippen LogP contribution is -2.30. The maximum atomic E-state index is 12.9. The first kappa shape index (κ1) is 16.5. The van der Waals surface area contributed by atoms with Crippen molar-refractivity contribution >= 4 is 23.2 Å². The standard InChI is InChI=1S/C20H12N2O5/c23-17-8-4-7-14(12-5-2-1-3-6-12)18(17)21-19(24)15-10-9-13(22(26)27)11-16(15)20(21)25/h1-11,23H. The highest BCUT2D eigenvalue weighted by Gasteiger charge is 2.40. The van der Waals surface area contributed by atoms with Gasteiger partial charge in [0.1, 0.15) is 11.4 Å². The number of non-ortho nitro benzene ring substituents is 1. The number of imide groups is 1. The normalized spacial score (nSPS) is 13.0. The average Bonchev–Trinajstić information content (AvgIpc) is 2.92. The summed E-state index contributed by atoms with van der Waals surface area (Å²) >= 11 is 0. The van der Waals surface area contributed by atoms with Crippen LogP contribution in [0.5, 0.6) is 5.75 Å². The number of phenols is 1. The minimum Gasteiger partial charge on any atom is -0.506 e. The molecule has 0 bridgehead atoms. The largest absolute Gasteiger partial charge is 0.506 e. The third kappa shape index (κ3) is 2.53. The molecule has 0 spiro atoms. The Hall–Kier alpha value is -4.00. The molecule has 7 nitrogen and oxygen atoms in total. The molecule has 0 saturated carbocycles. The fourth-order valence-corrected chi connectivity index (χ4v) is 3.16. The SMILES string of the molecule is O=C1c2ccc([N+](=O)[O-])cc2C(=O)N1c1c(O)cccc1-c1ccccc1. The molecule has 0 aliphatic carbocycles. The van der Waals surface area contributed by atoms with Gasteiger partial charge in [0.25, 0.3) is 17.5 Å². The number of para-hydroxylation sites is 1. The van der Waals surface area contributed by atoms with Crippen molar-refractivity contribution in [1.29, 1.82) is 0 Å². The highest BCUT2D eigenvalue weighted by Crippen LogP contribution is 2.42. The van der Waals surface area contributed by atoms with E-state index in [1.807, 2.05) is 6.07 Å². The fraction of sp³-hybridized carbons (Fsp3) is 0. The van der Waals surface area contributed by atoms with E-state index in [4.69, 9.17) is 0 Å². The maximum absolute atomic E-state index is 12.9. The van der Waals surface area contributed by atoms with Crippen LogP contribution >= 0.6 is 0 Å². The molecule has 3 aromatic carbocycles. The Labute approximate surface area is 153 Å². The third-order valence-electron chi connectivity index (χ3n) is 4.40. The van der Waals surface area contributed by atoms with Crippen molar-refractivity contribution in [2.24, 2.45) is 0 Å². The molecule has 1 aliphatic rings. The number of carbonyl (C=O) groups is 2. The number of carbonyl (C=O) groups excluding carboxylic acids is 2. The molecule has 0 fully saturated rings. The van der Waals surface area contributed by atoms with Crippen molar-refractivity contribution < 1.29 is 19.6 Å². The zero-order chi connectivity index (χ0) is 19.1. The second-order valence-electron chi connectivity index (χ2n) is 5.97. The number of nitro benzene ring substituents is 1. The van der Waals surface area contributed by atoms with Crippen LogP contribution < -0.4 is 4.90 Å². The molecule has 0 radical (unpaired) electrons. The van der Waals surface area contributed by atoms with Crippen LogP contribution in [-0.4, -0.2) is 21.8 Å². The van der Waals surface area contributed by atoms with E-state index in [-0.39, 0.29) is 28.3 Å². The van der Waals surface area contributed by atoms with Crippen LogP contribution in [0.2, 0.25) is 0 Å². The van der Waals surface area contributed by atoms with Crippen LogP contribution in [0.25, 0.3) is 11.1 Å². The van der Waals surface area contributed by atoms with Gasteiger partial charge in [0.05, 0.1) is 16.1 Å². The smallest absolute Gasteiger partial charge is 0.270 e. The van der Waals surface area contributed by atoms with Crippen molar-refractivity contribution in [2.45, 2.75) is 0 Å². The first-order valence-corrected chi connectivity index (χ1v) is 8.03. The lowest BCUT2D eigenvalue weighted by molar-refractivity contribution is -0.384. The topological polar surface area (TPSA) is 101 Å². The molecule has 0 atom stereocenters. The van der Waals surface area contributed by atoms with Crippen LogP contribution in [0.4, 0.5) is 11.4 Å². The van der Waals surface area contributed by atoms with Gasteiger partial charge < -0.3 is 5.11 Å². The first-order valence-electron chi connectivity index (χ1n) is 8.03. The highest BCUT2D eigenvalue weighted by atomic mass is 16.6. The molecule has 0 saturated heterocycles. The van der Waals surface area contributed by atoms with E-state index < -0.39 is 16.7 Å². The fourth-order valence-electron chi connectivity index (χ4n) is 3.16. The first-order chi connectivity index (χ1) is 13.0. The van der Waals surface area contributed by atoms with Crippen LogP contribution in [-0.2, 0) is 0 Å². The van der Waals surface area contributed by atoms with Gasteiger partial charge in [-0.1, -0.05) is 42.5 Å². The molecule has 27 heavy (non-hydrogen) atoms. The summed E-state index contributed by atoms with van der Waals surface area (Å²) in [5.74, 6) is -1.58. The summed E-state index contributed by atoms with van der Waals surface area (Å²) in [5, 5.41) is 21.4. The second kappa shape index (κ2) is 6.06. The van der Waals surface area contributed by atoms with Crippen molar-refractivity contribution in [3.05, 3.63) is 88.0 Å². The molecule has 1 N–H and O–H groups in total. The van der Waals surface area contributed by atoms with Gasteiger partial charge in [-0.3, -0.25) is 19.7 Å². The molecule has 3 aromatic rings. The third-order valence-corrected chi connectivity index (χ3v) is 4.40. The molecular formula is C20H12N2O5. The van der Waals surface area contributed by atoms with Gasteiger partial charge in [0.2, 0.25) is 0 Å². The number of aromatic hydroxyl groups is 1. The Morgan fingerprint density at radius 1 is 0.815 bits per heavy atom. The lowest BCUT2D eigenvalue weighted by Gasteiger charge is -2.19. The van der Waals surface area contributed by atoms with Gasteiger partial charge in [0.15, 0.2) is 0 Å². The molecular weight excluding hydrogens is 348 g/mol. The minimum absolute atomic E-state index is 0.0533. The summed E-state index contributed by atoms with van der Waals surface area (Å²) in [6, 6.07) is 17.2. The second-order valence-corrected chi connectivity index (χ2v) is 5.97. The zero-order valence-corrected chi connectivity index (χ0v) is 13.8. The highest BCUT2D eigenvalue weighted by molar-refractivity contribution is 6.35. The Kier molecular flexibility index (Phi) is 3.70. The number of nitro groups is 1. The van der Waals surface area contributed by atoms with E-state index in [1.165, 1.54) is 18.2 Å². The quantitative estimate of drug-likeness (QED) is 0.435. The summed E-state index contributed by atoms with van der Waals surface area (Å²) in [4.78, 5) is 37.0. The van der Waals surface area contributed by atoms with Gasteiger partial charge >= 0.3 is 0 Å². The number of hydrogen-bond acceptors (Lipinski definition) is 5. The Morgan fingerprint density at radius 2 is 1.52 bits per heavy atom. The summed E-state index contributed by atoms with van der Waals surface area (Å²) < 4.78 is 0. The van der Waals surface area contributed by atoms with E-state index in [0.717, 1.165) is 11.0 Å². The van der Waals surface area contributed by atoms with Gasteiger partial charge in [-0.05, 0) is 17.7 Å². The average molecular weight is 360 g/mol. The number of amides is 2. The molecule has 0 aromatic heterocycles. The van der Waals surface area contributed by atoms with Crippen LogP contribution in [0.1, 0.15) is 20.7 Å². The number of rotatable bonds is 3. The Morgan fingerprint density at radius 3 is 2.22 bits per heavy atom. The van der Waals surface area contributed by atoms with Crippen molar-refractivity contribution in [3.8, 4) is 16.9 Å². The van der Waals surface area contributed by atoms with Crippen LogP contribution in [0.15, 0.2) is 66.7 Å². The number of benzene rings is 3. The number of nitrogens with zero attached hydrogens (tertiary/aromatic N) is 2. The summed E-state index contributed by atoms with van der Waals surface area (Å²) in [6.07, 6.45) is 0. The van der Waals surface area contributed by atoms with E-state index in [2.05, 4.69) is 0 Å².